The van der Waals surface area contributed by atoms with E-state index >= 15 is 0 Å². The molecule has 3 aliphatic heterocycles. The van der Waals surface area contributed by atoms with Crippen LogP contribution in [0.15, 0.2) is 47.4 Å². The molecule has 2 aromatic rings. The van der Waals surface area contributed by atoms with Gasteiger partial charge in [0.2, 0.25) is 5.43 Å². The summed E-state index contributed by atoms with van der Waals surface area (Å²) in [5, 5.41) is 1.44. The molecule has 1 spiro atoms. The third-order valence-electron chi connectivity index (χ3n) is 6.70. The maximum Gasteiger partial charge on any atom is 0.431 e. The molecule has 186 valence electrons. The maximum atomic E-state index is 13.8. The van der Waals surface area contributed by atoms with Gasteiger partial charge >= 0.3 is 6.09 Å². The first kappa shape index (κ1) is 23.4. The van der Waals surface area contributed by atoms with Crippen LogP contribution in [0.1, 0.15) is 56.1 Å². The van der Waals surface area contributed by atoms with Crippen molar-refractivity contribution in [1.29, 1.82) is 0 Å². The number of hydrogen-bond donors (Lipinski definition) is 0. The van der Waals surface area contributed by atoms with Gasteiger partial charge in [-0.25, -0.2) is 9.47 Å². The van der Waals surface area contributed by atoms with Crippen LogP contribution in [0.25, 0.3) is 0 Å². The Morgan fingerprint density at radius 1 is 1.17 bits per heavy atom. The highest BCUT2D eigenvalue weighted by atomic mass is 16.6. The van der Waals surface area contributed by atoms with Gasteiger partial charge in [-0.3, -0.25) is 9.59 Å². The molecule has 2 fully saturated rings. The lowest BCUT2D eigenvalue weighted by molar-refractivity contribution is -0.00180. The average Bonchev–Trinajstić information content (AvgIpc) is 3.17. The standard InChI is InChI=1S/C26H31N3O6/c1-25(2,3)35-24(32)29-20-14-26(11-7-13-33-17-26)16-27(20)23(31)21-22(19(30)10-12-28(21)29)34-15-18-8-5-4-6-9-18/h4-6,8-10,12,20H,7,11,13-17H2,1-3H3. The first-order valence-electron chi connectivity index (χ1n) is 12.0. The molecule has 0 saturated carbocycles. The van der Waals surface area contributed by atoms with Gasteiger partial charge in [-0.05, 0) is 45.6 Å². The summed E-state index contributed by atoms with van der Waals surface area (Å²) in [5.74, 6) is -0.410. The van der Waals surface area contributed by atoms with Gasteiger partial charge in [-0.1, -0.05) is 30.3 Å². The second kappa shape index (κ2) is 8.71. The molecule has 35 heavy (non-hydrogen) atoms. The molecule has 1 aromatic heterocycles. The summed E-state index contributed by atoms with van der Waals surface area (Å²) >= 11 is 0. The Morgan fingerprint density at radius 3 is 2.63 bits per heavy atom. The molecule has 4 heterocycles. The lowest BCUT2D eigenvalue weighted by atomic mass is 9.81. The predicted molar refractivity (Wildman–Crippen MR) is 128 cm³/mol. The topological polar surface area (TPSA) is 90.3 Å². The van der Waals surface area contributed by atoms with Gasteiger partial charge in [-0.15, -0.1) is 0 Å². The van der Waals surface area contributed by atoms with E-state index in [1.54, 1.807) is 25.7 Å². The number of carbonyl (C=O) groups excluding carboxylic acids is 2. The molecule has 1 aromatic carbocycles. The zero-order valence-corrected chi connectivity index (χ0v) is 20.4. The fourth-order valence-electron chi connectivity index (χ4n) is 5.20. The fourth-order valence-corrected chi connectivity index (χ4v) is 5.20. The lowest BCUT2D eigenvalue weighted by Gasteiger charge is -2.42. The summed E-state index contributed by atoms with van der Waals surface area (Å²) in [6, 6.07) is 10.7. The van der Waals surface area contributed by atoms with Crippen molar-refractivity contribution in [2.24, 2.45) is 5.41 Å². The van der Waals surface area contributed by atoms with E-state index < -0.39 is 23.3 Å². The number of pyridine rings is 1. The quantitative estimate of drug-likeness (QED) is 0.668. The van der Waals surface area contributed by atoms with Crippen molar-refractivity contribution in [3.05, 3.63) is 64.1 Å². The van der Waals surface area contributed by atoms with Gasteiger partial charge in [0.1, 0.15) is 18.4 Å². The van der Waals surface area contributed by atoms with Crippen LogP contribution in [0.5, 0.6) is 5.75 Å². The number of nitrogens with zero attached hydrogens (tertiary/aromatic N) is 3. The van der Waals surface area contributed by atoms with Crippen molar-refractivity contribution >= 4 is 12.0 Å². The van der Waals surface area contributed by atoms with E-state index in [4.69, 9.17) is 14.2 Å². The fraction of sp³-hybridized carbons (Fsp3) is 0.500. The van der Waals surface area contributed by atoms with Crippen LogP contribution in [0.4, 0.5) is 4.79 Å². The molecular weight excluding hydrogens is 450 g/mol. The molecule has 0 N–H and O–H groups in total. The molecule has 2 saturated heterocycles. The number of ether oxygens (including phenoxy) is 3. The van der Waals surface area contributed by atoms with E-state index in [1.165, 1.54) is 21.9 Å². The minimum Gasteiger partial charge on any atom is -0.482 e. The number of fused-ring (bicyclic) bond motifs is 2. The van der Waals surface area contributed by atoms with E-state index in [1.807, 2.05) is 30.3 Å². The van der Waals surface area contributed by atoms with Crippen LogP contribution >= 0.6 is 0 Å². The van der Waals surface area contributed by atoms with Gasteiger partial charge in [0.05, 0.1) is 6.61 Å². The molecular formula is C26H31N3O6. The van der Waals surface area contributed by atoms with E-state index in [2.05, 4.69) is 0 Å². The monoisotopic (exact) mass is 481 g/mol. The Labute approximate surface area is 204 Å². The van der Waals surface area contributed by atoms with Gasteiger partial charge < -0.3 is 19.1 Å². The van der Waals surface area contributed by atoms with E-state index in [9.17, 15) is 14.4 Å². The van der Waals surface area contributed by atoms with Crippen molar-refractivity contribution in [3.8, 4) is 5.75 Å². The van der Waals surface area contributed by atoms with E-state index in [0.717, 1.165) is 18.4 Å². The number of hydrogen-bond acceptors (Lipinski definition) is 6. The third-order valence-corrected chi connectivity index (χ3v) is 6.70. The van der Waals surface area contributed by atoms with Crippen LogP contribution < -0.4 is 15.2 Å². The van der Waals surface area contributed by atoms with Gasteiger partial charge in [-0.2, -0.15) is 5.01 Å². The number of benzene rings is 1. The molecule has 2 unspecified atom stereocenters. The lowest BCUT2D eigenvalue weighted by Crippen LogP contribution is -2.61. The number of aromatic nitrogens is 1. The molecule has 2 atom stereocenters. The summed E-state index contributed by atoms with van der Waals surface area (Å²) in [5.41, 5.74) is -0.506. The molecule has 5 rings (SSSR count). The first-order valence-corrected chi connectivity index (χ1v) is 12.0. The highest BCUT2D eigenvalue weighted by Gasteiger charge is 2.54. The SMILES string of the molecule is CC(C)(C)OC(=O)N1C2CC3(CCCOC3)CN2C(=O)c2c(OCc3ccccc3)c(=O)ccn21. The molecule has 9 nitrogen and oxygen atoms in total. The minimum absolute atomic E-state index is 0.0318. The zero-order chi connectivity index (χ0) is 24.8. The third kappa shape index (κ3) is 4.40. The molecule has 0 radical (unpaired) electrons. The first-order chi connectivity index (χ1) is 16.7. The van der Waals surface area contributed by atoms with E-state index in [-0.39, 0.29) is 29.4 Å². The molecule has 9 heteroatoms. The normalized spacial score (nSPS) is 23.7. The van der Waals surface area contributed by atoms with Crippen molar-refractivity contribution in [2.45, 2.75) is 58.4 Å². The van der Waals surface area contributed by atoms with Crippen molar-refractivity contribution in [1.82, 2.24) is 9.58 Å². The Balaban J connectivity index is 1.57. The average molecular weight is 482 g/mol. The van der Waals surface area contributed by atoms with Crippen LogP contribution in [0.3, 0.4) is 0 Å². The van der Waals surface area contributed by atoms with E-state index in [0.29, 0.717) is 26.2 Å². The summed E-state index contributed by atoms with van der Waals surface area (Å²) in [4.78, 5) is 41.9. The van der Waals surface area contributed by atoms with Gasteiger partial charge in [0.25, 0.3) is 5.91 Å². The Hall–Kier alpha value is -3.33. The van der Waals surface area contributed by atoms with Crippen LogP contribution in [-0.2, 0) is 16.1 Å². The highest BCUT2D eigenvalue weighted by molar-refractivity contribution is 5.99. The molecule has 0 aliphatic carbocycles. The maximum absolute atomic E-state index is 13.8. The molecule has 0 bridgehead atoms. The Bertz CT molecular complexity index is 1180. The largest absolute Gasteiger partial charge is 0.482 e. The summed E-state index contributed by atoms with van der Waals surface area (Å²) < 4.78 is 18.9. The number of amides is 2. The van der Waals surface area contributed by atoms with Gasteiger partial charge in [0.15, 0.2) is 11.4 Å². The second-order valence-corrected chi connectivity index (χ2v) is 10.6. The van der Waals surface area contributed by atoms with Crippen molar-refractivity contribution in [2.75, 3.05) is 24.8 Å². The zero-order valence-electron chi connectivity index (χ0n) is 20.4. The summed E-state index contributed by atoms with van der Waals surface area (Å²) in [6.45, 7) is 7.17. The van der Waals surface area contributed by atoms with Crippen molar-refractivity contribution in [3.63, 3.8) is 0 Å². The summed E-state index contributed by atoms with van der Waals surface area (Å²) in [6.07, 6.45) is 2.69. The van der Waals surface area contributed by atoms with Crippen LogP contribution in [0.2, 0.25) is 0 Å². The summed E-state index contributed by atoms with van der Waals surface area (Å²) in [7, 11) is 0. The molecule has 3 aliphatic rings. The predicted octanol–water partition coefficient (Wildman–Crippen LogP) is 3.28. The molecule has 2 amide bonds. The second-order valence-electron chi connectivity index (χ2n) is 10.6. The van der Waals surface area contributed by atoms with Crippen LogP contribution in [0, 0.1) is 5.41 Å². The minimum atomic E-state index is -0.737. The highest BCUT2D eigenvalue weighted by Crippen LogP contribution is 2.44. The Kier molecular flexibility index (Phi) is 5.83. The smallest absolute Gasteiger partial charge is 0.431 e. The van der Waals surface area contributed by atoms with Crippen molar-refractivity contribution < 1.29 is 23.8 Å². The Morgan fingerprint density at radius 2 is 1.94 bits per heavy atom. The number of carbonyl (C=O) groups is 2. The van der Waals surface area contributed by atoms with Gasteiger partial charge in [0, 0.05) is 30.8 Å². The van der Waals surface area contributed by atoms with Crippen LogP contribution in [-0.4, -0.2) is 53.1 Å². The number of rotatable bonds is 3.